The Balaban J connectivity index is 1.67. The highest BCUT2D eigenvalue weighted by molar-refractivity contribution is 7.99. The first-order valence-electron chi connectivity index (χ1n) is 10.6. The van der Waals surface area contributed by atoms with Gasteiger partial charge in [0.2, 0.25) is 5.91 Å². The van der Waals surface area contributed by atoms with Crippen LogP contribution >= 0.6 is 11.8 Å². The zero-order chi connectivity index (χ0) is 25.6. The van der Waals surface area contributed by atoms with E-state index in [4.69, 9.17) is 9.47 Å². The first-order valence-corrected chi connectivity index (χ1v) is 11.6. The lowest BCUT2D eigenvalue weighted by Crippen LogP contribution is -2.20. The van der Waals surface area contributed by atoms with Crippen molar-refractivity contribution < 1.29 is 32.2 Å². The molecule has 1 unspecified atom stereocenters. The van der Waals surface area contributed by atoms with Crippen molar-refractivity contribution in [2.24, 2.45) is 0 Å². The Labute approximate surface area is 204 Å². The van der Waals surface area contributed by atoms with Gasteiger partial charge in [0.1, 0.15) is 11.5 Å². The summed E-state index contributed by atoms with van der Waals surface area (Å²) in [5, 5.41) is 11.4. The molecule has 188 valence electrons. The number of ether oxygens (including phenoxy) is 3. The van der Waals surface area contributed by atoms with E-state index < -0.39 is 24.1 Å². The van der Waals surface area contributed by atoms with Gasteiger partial charge in [-0.2, -0.15) is 0 Å². The molecular weight excluding hydrogens is 485 g/mol. The summed E-state index contributed by atoms with van der Waals surface area (Å²) < 4.78 is 54.8. The Morgan fingerprint density at radius 3 is 2.34 bits per heavy atom. The van der Waals surface area contributed by atoms with E-state index in [-0.39, 0.29) is 17.5 Å². The Morgan fingerprint density at radius 1 is 1.06 bits per heavy atom. The number of anilines is 1. The number of carbonyl (C=O) groups excluding carboxylic acids is 1. The minimum atomic E-state index is -4.87. The van der Waals surface area contributed by atoms with E-state index >= 15 is 0 Å². The molecule has 35 heavy (non-hydrogen) atoms. The van der Waals surface area contributed by atoms with Crippen LogP contribution in [0.1, 0.15) is 38.7 Å². The predicted molar refractivity (Wildman–Crippen MR) is 125 cm³/mol. The number of halogens is 3. The third-order valence-electron chi connectivity index (χ3n) is 4.66. The van der Waals surface area contributed by atoms with Crippen molar-refractivity contribution in [3.05, 3.63) is 54.4 Å². The summed E-state index contributed by atoms with van der Waals surface area (Å²) in [5.74, 6) is 0.803. The summed E-state index contributed by atoms with van der Waals surface area (Å²) in [7, 11) is 1.58. The van der Waals surface area contributed by atoms with E-state index in [2.05, 4.69) is 20.3 Å². The van der Waals surface area contributed by atoms with Crippen LogP contribution in [0.15, 0.2) is 53.7 Å². The molecule has 0 aliphatic carbocycles. The van der Waals surface area contributed by atoms with Gasteiger partial charge in [0, 0.05) is 6.04 Å². The maximum absolute atomic E-state index is 12.6. The Hall–Kier alpha value is -3.41. The number of methoxy groups -OCH3 is 1. The van der Waals surface area contributed by atoms with Crippen LogP contribution in [-0.4, -0.2) is 39.9 Å². The highest BCUT2D eigenvalue weighted by atomic mass is 32.2. The van der Waals surface area contributed by atoms with Gasteiger partial charge in [0.15, 0.2) is 22.8 Å². The van der Waals surface area contributed by atoms with E-state index in [1.54, 1.807) is 31.4 Å². The third kappa shape index (κ3) is 7.28. The quantitative estimate of drug-likeness (QED) is 0.353. The molecule has 0 aliphatic rings. The number of para-hydroxylation sites is 2. The molecule has 0 spiro atoms. The summed E-state index contributed by atoms with van der Waals surface area (Å²) in [5.41, 5.74) is -0.0806. The molecular formula is C23H25F3N4O4S. The maximum atomic E-state index is 12.6. The molecule has 1 N–H and O–H groups in total. The molecule has 1 atom stereocenters. The molecule has 2 aromatic carbocycles. The van der Waals surface area contributed by atoms with Gasteiger partial charge in [-0.05, 0) is 57.2 Å². The van der Waals surface area contributed by atoms with E-state index in [1.165, 1.54) is 18.2 Å². The highest BCUT2D eigenvalue weighted by Gasteiger charge is 2.32. The molecule has 12 heteroatoms. The monoisotopic (exact) mass is 510 g/mol. The van der Waals surface area contributed by atoms with Crippen LogP contribution in [0.3, 0.4) is 0 Å². The lowest BCUT2D eigenvalue weighted by atomic mass is 10.3. The predicted octanol–water partition coefficient (Wildman–Crippen LogP) is 5.64. The topological polar surface area (TPSA) is 87.5 Å². The average molecular weight is 511 g/mol. The Kier molecular flexibility index (Phi) is 8.49. The van der Waals surface area contributed by atoms with E-state index in [0.717, 1.165) is 17.8 Å². The SMILES string of the molecule is COc1ccc(OC(C)c2nnc(SCC(=O)Nc3ccccc3OC(F)(F)F)n2C(C)C)cc1. The molecule has 0 bridgehead atoms. The number of benzene rings is 2. The molecule has 3 aromatic rings. The number of carbonyl (C=O) groups is 1. The van der Waals surface area contributed by atoms with Gasteiger partial charge in [0.05, 0.1) is 18.6 Å². The first-order chi connectivity index (χ1) is 16.6. The number of nitrogens with zero attached hydrogens (tertiary/aromatic N) is 3. The van der Waals surface area contributed by atoms with Crippen LogP contribution in [-0.2, 0) is 4.79 Å². The van der Waals surface area contributed by atoms with Crippen LogP contribution in [0.4, 0.5) is 18.9 Å². The molecule has 1 aromatic heterocycles. The summed E-state index contributed by atoms with van der Waals surface area (Å²) in [6, 6.07) is 12.4. The highest BCUT2D eigenvalue weighted by Crippen LogP contribution is 2.31. The molecule has 1 heterocycles. The van der Waals surface area contributed by atoms with Crippen LogP contribution in [0.2, 0.25) is 0 Å². The van der Waals surface area contributed by atoms with E-state index in [1.807, 2.05) is 25.3 Å². The van der Waals surface area contributed by atoms with Gasteiger partial charge in [-0.25, -0.2) is 0 Å². The van der Waals surface area contributed by atoms with Gasteiger partial charge >= 0.3 is 6.36 Å². The van der Waals surface area contributed by atoms with E-state index in [0.29, 0.717) is 22.5 Å². The fourth-order valence-electron chi connectivity index (χ4n) is 3.16. The van der Waals surface area contributed by atoms with Gasteiger partial charge in [0.25, 0.3) is 0 Å². The molecule has 0 saturated heterocycles. The largest absolute Gasteiger partial charge is 0.573 e. The second-order valence-corrected chi connectivity index (χ2v) is 8.56. The van der Waals surface area contributed by atoms with Crippen LogP contribution in [0.5, 0.6) is 17.2 Å². The van der Waals surface area contributed by atoms with Crippen LogP contribution in [0.25, 0.3) is 0 Å². The second kappa shape index (κ2) is 11.3. The van der Waals surface area contributed by atoms with Crippen molar-refractivity contribution >= 4 is 23.4 Å². The van der Waals surface area contributed by atoms with Crippen molar-refractivity contribution in [3.8, 4) is 17.2 Å². The summed E-state index contributed by atoms with van der Waals surface area (Å²) >= 11 is 1.11. The first kappa shape index (κ1) is 26.2. The van der Waals surface area contributed by atoms with Crippen molar-refractivity contribution in [1.82, 2.24) is 14.8 Å². The average Bonchev–Trinajstić information content (AvgIpc) is 3.23. The van der Waals surface area contributed by atoms with Crippen LogP contribution < -0.4 is 19.5 Å². The standard InChI is InChI=1S/C23H25F3N4O4S/c1-14(2)30-21(15(3)33-17-11-9-16(32-4)10-12-17)28-29-22(30)35-13-20(31)27-18-7-5-6-8-19(18)34-23(24,25)26/h5-12,14-15H,13H2,1-4H3,(H,27,31). The van der Waals surface area contributed by atoms with Crippen molar-refractivity contribution in [2.45, 2.75) is 44.4 Å². The summed E-state index contributed by atoms with van der Waals surface area (Å²) in [4.78, 5) is 12.5. The number of rotatable bonds is 10. The molecule has 1 amide bonds. The van der Waals surface area contributed by atoms with Crippen molar-refractivity contribution in [3.63, 3.8) is 0 Å². The number of aromatic nitrogens is 3. The lowest BCUT2D eigenvalue weighted by Gasteiger charge is -2.19. The number of alkyl halides is 3. The minimum Gasteiger partial charge on any atom is -0.497 e. The Morgan fingerprint density at radius 2 is 1.71 bits per heavy atom. The van der Waals surface area contributed by atoms with Gasteiger partial charge < -0.3 is 24.1 Å². The number of nitrogens with one attached hydrogen (secondary N) is 1. The minimum absolute atomic E-state index is 0.0339. The smallest absolute Gasteiger partial charge is 0.497 e. The summed E-state index contributed by atoms with van der Waals surface area (Å²) in [6.07, 6.45) is -5.31. The van der Waals surface area contributed by atoms with E-state index in [9.17, 15) is 18.0 Å². The van der Waals surface area contributed by atoms with Crippen molar-refractivity contribution in [1.29, 1.82) is 0 Å². The molecule has 8 nitrogen and oxygen atoms in total. The number of amides is 1. The number of thioether (sulfide) groups is 1. The molecule has 0 fully saturated rings. The fraction of sp³-hybridized carbons (Fsp3) is 0.348. The zero-order valence-electron chi connectivity index (χ0n) is 19.5. The zero-order valence-corrected chi connectivity index (χ0v) is 20.3. The van der Waals surface area contributed by atoms with Gasteiger partial charge in [-0.1, -0.05) is 23.9 Å². The molecule has 0 saturated carbocycles. The lowest BCUT2D eigenvalue weighted by molar-refractivity contribution is -0.274. The molecule has 3 rings (SSSR count). The van der Waals surface area contributed by atoms with Gasteiger partial charge in [-0.15, -0.1) is 23.4 Å². The number of hydrogen-bond donors (Lipinski definition) is 1. The second-order valence-electron chi connectivity index (χ2n) is 7.62. The summed E-state index contributed by atoms with van der Waals surface area (Å²) in [6.45, 7) is 5.73. The Bertz CT molecular complexity index is 1140. The molecule has 0 aliphatic heterocycles. The maximum Gasteiger partial charge on any atom is 0.573 e. The van der Waals surface area contributed by atoms with Crippen molar-refractivity contribution in [2.75, 3.05) is 18.2 Å². The van der Waals surface area contributed by atoms with Crippen LogP contribution in [0, 0.1) is 0 Å². The third-order valence-corrected chi connectivity index (χ3v) is 5.61. The normalized spacial score (nSPS) is 12.3. The number of hydrogen-bond acceptors (Lipinski definition) is 7. The van der Waals surface area contributed by atoms with Gasteiger partial charge in [-0.3, -0.25) is 4.79 Å². The molecule has 0 radical (unpaired) electrons. The fourth-order valence-corrected chi connectivity index (χ4v) is 4.03.